The van der Waals surface area contributed by atoms with Crippen molar-refractivity contribution >= 4 is 36.4 Å². The highest BCUT2D eigenvalue weighted by atomic mass is 28.4. The fourth-order valence-electron chi connectivity index (χ4n) is 6.84. The van der Waals surface area contributed by atoms with Crippen LogP contribution in [0.1, 0.15) is 49.9 Å². The second-order valence-electron chi connectivity index (χ2n) is 13.7. The van der Waals surface area contributed by atoms with Gasteiger partial charge in [0.15, 0.2) is 0 Å². The Labute approximate surface area is 302 Å². The molecule has 2 atom stereocenters. The zero-order valence-electron chi connectivity index (χ0n) is 29.8. The van der Waals surface area contributed by atoms with Crippen LogP contribution in [0.25, 0.3) is 0 Å². The molecule has 0 aliphatic heterocycles. The van der Waals surface area contributed by atoms with Gasteiger partial charge in [0.2, 0.25) is 0 Å². The Morgan fingerprint density at radius 3 is 1.71 bits per heavy atom. The van der Waals surface area contributed by atoms with Crippen molar-refractivity contribution in [2.24, 2.45) is 11.5 Å². The Bertz CT molecular complexity index is 1780. The highest BCUT2D eigenvalue weighted by molar-refractivity contribution is 6.99. The number of carbonyl (C=O) groups excluding carboxylic acids is 2. The first kappa shape index (κ1) is 37.3. The number of imide groups is 1. The average molecular weight is 701 g/mol. The topological polar surface area (TPSA) is 121 Å². The lowest BCUT2D eigenvalue weighted by Crippen LogP contribution is -2.67. The van der Waals surface area contributed by atoms with Crippen molar-refractivity contribution in [1.29, 1.82) is 0 Å². The van der Waals surface area contributed by atoms with Crippen LogP contribution in [0.4, 0.5) is 10.5 Å². The fraction of sp³-hybridized carbons (Fsp3) is 0.262. The van der Waals surface area contributed by atoms with Gasteiger partial charge in [0.25, 0.3) is 14.2 Å². The van der Waals surface area contributed by atoms with Crippen molar-refractivity contribution in [3.8, 4) is 0 Å². The van der Waals surface area contributed by atoms with Gasteiger partial charge in [0.05, 0.1) is 24.5 Å². The van der Waals surface area contributed by atoms with Gasteiger partial charge in [-0.1, -0.05) is 142 Å². The number of carbonyl (C=O) groups is 2. The second kappa shape index (κ2) is 16.9. The standard InChI is InChI=1S/C42H48N4O4Si/c1-42(2,3)51(34-22-13-7-14-23-34,35-24-15-8-16-25-35)50-30-33(43)27-28-36-37(26-17-29-45-36)46(41(48)49-4)40(47)39(44)38(31-18-9-5-10-19-31)32-20-11-6-12-21-32/h5-26,29,33,38-39H,27-28,30,43-44H2,1-4H3/t33-,39-/m0/s1. The number of aryl methyl sites for hydroxylation is 1. The van der Waals surface area contributed by atoms with E-state index >= 15 is 0 Å². The molecule has 0 saturated carbocycles. The largest absolute Gasteiger partial charge is 0.452 e. The van der Waals surface area contributed by atoms with Crippen LogP contribution in [0, 0.1) is 0 Å². The number of hydrogen-bond acceptors (Lipinski definition) is 7. The third-order valence-electron chi connectivity index (χ3n) is 9.33. The molecule has 0 fully saturated rings. The molecule has 0 unspecified atom stereocenters. The van der Waals surface area contributed by atoms with Crippen LogP contribution >= 0.6 is 0 Å². The van der Waals surface area contributed by atoms with Crippen molar-refractivity contribution in [3.05, 3.63) is 156 Å². The van der Waals surface area contributed by atoms with Gasteiger partial charge in [0.1, 0.15) is 0 Å². The minimum absolute atomic E-state index is 0.193. The van der Waals surface area contributed by atoms with E-state index in [2.05, 4.69) is 74.3 Å². The summed E-state index contributed by atoms with van der Waals surface area (Å²) in [5.74, 6) is -1.12. The molecule has 4 N–H and O–H groups in total. The van der Waals surface area contributed by atoms with E-state index in [9.17, 15) is 9.59 Å². The molecule has 0 aliphatic carbocycles. The Morgan fingerprint density at radius 2 is 1.24 bits per heavy atom. The van der Waals surface area contributed by atoms with E-state index in [4.69, 9.17) is 20.6 Å². The quantitative estimate of drug-likeness (QED) is 0.141. The maximum atomic E-state index is 14.3. The second-order valence-corrected chi connectivity index (χ2v) is 18.0. The Balaban J connectivity index is 1.40. The van der Waals surface area contributed by atoms with E-state index in [0.717, 1.165) is 16.0 Å². The van der Waals surface area contributed by atoms with Crippen molar-refractivity contribution in [2.45, 2.75) is 56.7 Å². The smallest absolute Gasteiger partial charge is 0.421 e. The molecule has 5 rings (SSSR count). The predicted molar refractivity (Wildman–Crippen MR) is 207 cm³/mol. The molecule has 0 radical (unpaired) electrons. The molecule has 5 aromatic rings. The summed E-state index contributed by atoms with van der Waals surface area (Å²) < 4.78 is 12.2. The third kappa shape index (κ3) is 8.35. The number of anilines is 1. The number of rotatable bonds is 13. The first-order valence-corrected chi connectivity index (χ1v) is 19.2. The van der Waals surface area contributed by atoms with E-state index in [1.807, 2.05) is 72.8 Å². The third-order valence-corrected chi connectivity index (χ3v) is 14.3. The molecule has 51 heavy (non-hydrogen) atoms. The summed E-state index contributed by atoms with van der Waals surface area (Å²) >= 11 is 0. The molecule has 1 heterocycles. The van der Waals surface area contributed by atoms with Gasteiger partial charge in [0, 0.05) is 24.8 Å². The van der Waals surface area contributed by atoms with Crippen LogP contribution in [-0.4, -0.2) is 51.1 Å². The molecule has 2 amide bonds. The van der Waals surface area contributed by atoms with E-state index in [1.54, 1.807) is 18.3 Å². The summed E-state index contributed by atoms with van der Waals surface area (Å²) in [6.07, 6.45) is 1.68. The highest BCUT2D eigenvalue weighted by Gasteiger charge is 2.50. The van der Waals surface area contributed by atoms with Crippen LogP contribution in [-0.2, 0) is 20.4 Å². The normalized spacial score (nSPS) is 13.0. The fourth-order valence-corrected chi connectivity index (χ4v) is 11.5. The molecular formula is C42H48N4O4Si. The number of benzene rings is 4. The maximum absolute atomic E-state index is 14.3. The molecule has 4 aromatic carbocycles. The SMILES string of the molecule is COC(=O)N(C(=O)[C@@H](N)C(c1ccccc1)c1ccccc1)c1cccnc1CC[C@H](N)CO[Si](c1ccccc1)(c1ccccc1)C(C)(C)C. The molecule has 8 nitrogen and oxygen atoms in total. The van der Waals surface area contributed by atoms with Crippen LogP contribution in [0.15, 0.2) is 140 Å². The molecule has 9 heteroatoms. The van der Waals surface area contributed by atoms with Crippen molar-refractivity contribution in [1.82, 2.24) is 4.98 Å². The first-order valence-electron chi connectivity index (χ1n) is 17.3. The Kier molecular flexibility index (Phi) is 12.3. The number of pyridine rings is 1. The Morgan fingerprint density at radius 1 is 0.745 bits per heavy atom. The van der Waals surface area contributed by atoms with Crippen LogP contribution in [0.5, 0.6) is 0 Å². The summed E-state index contributed by atoms with van der Waals surface area (Å²) in [7, 11) is -1.54. The lowest BCUT2D eigenvalue weighted by Gasteiger charge is -2.43. The van der Waals surface area contributed by atoms with E-state index in [-0.39, 0.29) is 11.1 Å². The van der Waals surface area contributed by atoms with Gasteiger partial charge >= 0.3 is 6.09 Å². The summed E-state index contributed by atoms with van der Waals surface area (Å²) in [6.45, 7) is 7.01. The molecule has 264 valence electrons. The summed E-state index contributed by atoms with van der Waals surface area (Å²) in [5.41, 5.74) is 16.1. The number of aromatic nitrogens is 1. The van der Waals surface area contributed by atoms with Gasteiger partial charge in [-0.3, -0.25) is 9.78 Å². The average Bonchev–Trinajstić information content (AvgIpc) is 3.16. The predicted octanol–water partition coefficient (Wildman–Crippen LogP) is 6.18. The summed E-state index contributed by atoms with van der Waals surface area (Å²) in [5, 5.41) is 2.16. The van der Waals surface area contributed by atoms with Gasteiger partial charge in [-0.2, -0.15) is 0 Å². The molecule has 0 saturated heterocycles. The number of hydrogen-bond donors (Lipinski definition) is 2. The molecule has 0 bridgehead atoms. The molecular weight excluding hydrogens is 653 g/mol. The zero-order valence-corrected chi connectivity index (χ0v) is 30.8. The van der Waals surface area contributed by atoms with E-state index in [0.29, 0.717) is 30.8 Å². The summed E-state index contributed by atoms with van der Waals surface area (Å²) in [6, 6.07) is 41.9. The lowest BCUT2D eigenvalue weighted by molar-refractivity contribution is -0.119. The van der Waals surface area contributed by atoms with Crippen LogP contribution < -0.4 is 26.7 Å². The van der Waals surface area contributed by atoms with Crippen LogP contribution in [0.3, 0.4) is 0 Å². The maximum Gasteiger partial charge on any atom is 0.421 e. The molecule has 1 aromatic heterocycles. The van der Waals surface area contributed by atoms with Crippen molar-refractivity contribution in [3.63, 3.8) is 0 Å². The number of nitrogens with zero attached hydrogens (tertiary/aromatic N) is 2. The Hall–Kier alpha value is -4.93. The minimum atomic E-state index is -2.79. The van der Waals surface area contributed by atoms with Crippen LogP contribution in [0.2, 0.25) is 5.04 Å². The van der Waals surface area contributed by atoms with E-state index in [1.165, 1.54) is 17.5 Å². The first-order chi connectivity index (χ1) is 24.6. The number of amides is 2. The zero-order chi connectivity index (χ0) is 36.4. The molecule has 0 spiro atoms. The lowest BCUT2D eigenvalue weighted by atomic mass is 9.84. The summed E-state index contributed by atoms with van der Waals surface area (Å²) in [4.78, 5) is 33.3. The monoisotopic (exact) mass is 700 g/mol. The number of ether oxygens (including phenoxy) is 1. The van der Waals surface area contributed by atoms with Gasteiger partial charge in [-0.15, -0.1) is 0 Å². The number of methoxy groups -OCH3 is 1. The van der Waals surface area contributed by atoms with Gasteiger partial charge in [-0.05, 0) is 51.5 Å². The van der Waals surface area contributed by atoms with Gasteiger partial charge < -0.3 is 20.6 Å². The number of nitrogens with two attached hydrogens (primary N) is 2. The van der Waals surface area contributed by atoms with Gasteiger partial charge in [-0.25, -0.2) is 9.69 Å². The molecule has 0 aliphatic rings. The van der Waals surface area contributed by atoms with Crippen molar-refractivity contribution in [2.75, 3.05) is 18.6 Å². The van der Waals surface area contributed by atoms with Crippen molar-refractivity contribution < 1.29 is 18.8 Å². The van der Waals surface area contributed by atoms with E-state index < -0.39 is 32.3 Å². The minimum Gasteiger partial charge on any atom is -0.452 e. The highest BCUT2D eigenvalue weighted by Crippen LogP contribution is 2.37.